The Balaban J connectivity index is 1.88. The van der Waals surface area contributed by atoms with Gasteiger partial charge < -0.3 is 16.2 Å². The highest BCUT2D eigenvalue weighted by molar-refractivity contribution is 7.89. The maximum absolute atomic E-state index is 13.1. The quantitative estimate of drug-likeness (QED) is 0.513. The number of rotatable bonds is 6. The molecule has 1 amide bonds. The zero-order chi connectivity index (χ0) is 22.8. The Bertz CT molecular complexity index is 1040. The second-order valence-electron chi connectivity index (χ2n) is 8.95. The molecule has 3 rings (SSSR count). The lowest BCUT2D eigenvalue weighted by atomic mass is 9.86. The molecule has 0 radical (unpaired) electrons. The minimum atomic E-state index is -3.75. The van der Waals surface area contributed by atoms with Crippen LogP contribution in [-0.2, 0) is 16.6 Å². The molecule has 8 nitrogen and oxygen atoms in total. The Hall–Kier alpha value is -2.01. The first-order valence-corrected chi connectivity index (χ1v) is 12.6. The minimum absolute atomic E-state index is 0.0165. The minimum Gasteiger partial charge on any atom is -0.465 e. The summed E-state index contributed by atoms with van der Waals surface area (Å²) in [6, 6.07) is 5.25. The third-order valence-electron chi connectivity index (χ3n) is 5.20. The molecule has 0 saturated heterocycles. The number of sulfonamides is 1. The van der Waals surface area contributed by atoms with Crippen molar-refractivity contribution >= 4 is 27.5 Å². The maximum Gasteiger partial charge on any atom is 0.404 e. The summed E-state index contributed by atoms with van der Waals surface area (Å²) in [5.74, 6) is 0.252. The molecule has 0 spiro atoms. The van der Waals surface area contributed by atoms with Crippen molar-refractivity contribution in [3.05, 3.63) is 35.0 Å². The predicted octanol–water partition coefficient (Wildman–Crippen LogP) is 3.64. The zero-order valence-corrected chi connectivity index (χ0v) is 19.6. The lowest BCUT2D eigenvalue weighted by Gasteiger charge is -2.27. The fraction of sp³-hybridized carbons (Fsp3) is 0.524. The first-order valence-electron chi connectivity index (χ1n) is 10.3. The smallest absolute Gasteiger partial charge is 0.404 e. The summed E-state index contributed by atoms with van der Waals surface area (Å²) in [4.78, 5) is 16.4. The zero-order valence-electron chi connectivity index (χ0n) is 18.0. The van der Waals surface area contributed by atoms with Crippen molar-refractivity contribution in [3.63, 3.8) is 0 Å². The number of carboxylic acid groups (broad SMARTS) is 1. The average molecular weight is 467 g/mol. The Morgan fingerprint density at radius 1 is 1.26 bits per heavy atom. The van der Waals surface area contributed by atoms with Gasteiger partial charge in [-0.05, 0) is 58.1 Å². The van der Waals surface area contributed by atoms with Gasteiger partial charge >= 0.3 is 6.09 Å². The molecule has 10 heteroatoms. The van der Waals surface area contributed by atoms with E-state index >= 15 is 0 Å². The summed E-state index contributed by atoms with van der Waals surface area (Å²) in [5, 5.41) is 12.4. The van der Waals surface area contributed by atoms with E-state index in [-0.39, 0.29) is 23.4 Å². The van der Waals surface area contributed by atoms with Crippen molar-refractivity contribution in [2.24, 2.45) is 5.73 Å². The summed E-state index contributed by atoms with van der Waals surface area (Å²) < 4.78 is 29.0. The molecule has 0 bridgehead atoms. The molecule has 0 aliphatic heterocycles. The van der Waals surface area contributed by atoms with Gasteiger partial charge in [0.25, 0.3) is 0 Å². The van der Waals surface area contributed by atoms with Gasteiger partial charge in [0.15, 0.2) is 0 Å². The van der Waals surface area contributed by atoms with Crippen LogP contribution in [0.5, 0.6) is 0 Å². The number of aromatic nitrogens is 1. The fourth-order valence-corrected chi connectivity index (χ4v) is 6.72. The number of hydrogen-bond donors (Lipinski definition) is 4. The number of hydrogen-bond acceptors (Lipinski definition) is 6. The van der Waals surface area contributed by atoms with Gasteiger partial charge in [0.1, 0.15) is 0 Å². The summed E-state index contributed by atoms with van der Waals surface area (Å²) in [6.45, 7) is 5.66. The number of amides is 1. The van der Waals surface area contributed by atoms with Crippen molar-refractivity contribution in [1.82, 2.24) is 15.0 Å². The fourth-order valence-electron chi connectivity index (χ4n) is 3.84. The van der Waals surface area contributed by atoms with Crippen LogP contribution in [0.3, 0.4) is 0 Å². The summed E-state index contributed by atoms with van der Waals surface area (Å²) >= 11 is 1.50. The van der Waals surface area contributed by atoms with Crippen LogP contribution in [0.4, 0.5) is 4.79 Å². The van der Waals surface area contributed by atoms with E-state index in [1.807, 2.05) is 6.07 Å². The predicted molar refractivity (Wildman–Crippen MR) is 122 cm³/mol. The largest absolute Gasteiger partial charge is 0.465 e. The van der Waals surface area contributed by atoms with Crippen molar-refractivity contribution in [2.45, 2.75) is 75.4 Å². The maximum atomic E-state index is 13.1. The summed E-state index contributed by atoms with van der Waals surface area (Å²) in [5.41, 5.74) is 6.49. The van der Waals surface area contributed by atoms with Crippen LogP contribution in [0.15, 0.2) is 29.3 Å². The van der Waals surface area contributed by atoms with Crippen LogP contribution >= 0.6 is 11.3 Å². The second kappa shape index (κ2) is 9.23. The van der Waals surface area contributed by atoms with Gasteiger partial charge in [0.2, 0.25) is 10.0 Å². The van der Waals surface area contributed by atoms with Gasteiger partial charge in [-0.1, -0.05) is 12.1 Å². The molecule has 1 aromatic carbocycles. The van der Waals surface area contributed by atoms with E-state index in [2.05, 4.69) is 15.0 Å². The monoisotopic (exact) mass is 466 g/mol. The number of nitrogens with one attached hydrogen (secondary N) is 2. The van der Waals surface area contributed by atoms with Crippen LogP contribution in [0.2, 0.25) is 0 Å². The van der Waals surface area contributed by atoms with E-state index in [0.717, 1.165) is 41.1 Å². The molecule has 31 heavy (non-hydrogen) atoms. The average Bonchev–Trinajstić information content (AvgIpc) is 3.16. The Labute approximate surface area is 187 Å². The third-order valence-corrected chi connectivity index (χ3v) is 8.20. The van der Waals surface area contributed by atoms with Crippen LogP contribution in [-0.4, -0.2) is 36.2 Å². The van der Waals surface area contributed by atoms with Crippen molar-refractivity contribution in [2.75, 3.05) is 0 Å². The molecular formula is C21H30N4O4S2. The summed E-state index contributed by atoms with van der Waals surface area (Å²) in [7, 11) is -3.75. The molecule has 170 valence electrons. The van der Waals surface area contributed by atoms with E-state index in [9.17, 15) is 13.2 Å². The first kappa shape index (κ1) is 23.6. The highest BCUT2D eigenvalue weighted by Crippen LogP contribution is 2.39. The molecule has 0 atom stereocenters. The molecule has 1 aliphatic rings. The van der Waals surface area contributed by atoms with E-state index in [1.165, 1.54) is 11.3 Å². The normalized spacial score (nSPS) is 19.9. The first-order chi connectivity index (χ1) is 14.5. The topological polar surface area (TPSA) is 134 Å². The lowest BCUT2D eigenvalue weighted by molar-refractivity contribution is 0.185. The van der Waals surface area contributed by atoms with E-state index in [0.29, 0.717) is 5.56 Å². The van der Waals surface area contributed by atoms with Gasteiger partial charge in [-0.2, -0.15) is 0 Å². The van der Waals surface area contributed by atoms with E-state index < -0.39 is 21.7 Å². The van der Waals surface area contributed by atoms with Gasteiger partial charge in [0, 0.05) is 35.8 Å². The highest BCUT2D eigenvalue weighted by atomic mass is 32.2. The molecular weight excluding hydrogens is 436 g/mol. The third kappa shape index (κ3) is 6.03. The van der Waals surface area contributed by atoms with Gasteiger partial charge in [-0.15, -0.1) is 11.3 Å². The molecule has 1 fully saturated rings. The van der Waals surface area contributed by atoms with Gasteiger partial charge in [-0.25, -0.2) is 22.9 Å². The lowest BCUT2D eigenvalue weighted by Crippen LogP contribution is -2.40. The number of thiazole rings is 1. The molecule has 1 heterocycles. The molecule has 1 saturated carbocycles. The SMILES string of the molecule is CC(C)(C)NS(=O)(=O)c1cc(CN)ccc1-c1cnc([C@H]2CC[C@H](NC(=O)O)CC2)s1. The van der Waals surface area contributed by atoms with Gasteiger partial charge in [-0.3, -0.25) is 0 Å². The molecule has 0 unspecified atom stereocenters. The Morgan fingerprint density at radius 2 is 1.94 bits per heavy atom. The molecule has 1 aliphatic carbocycles. The molecule has 2 aromatic rings. The van der Waals surface area contributed by atoms with Gasteiger partial charge in [0.05, 0.1) is 14.8 Å². The van der Waals surface area contributed by atoms with E-state index in [4.69, 9.17) is 10.8 Å². The van der Waals surface area contributed by atoms with Crippen molar-refractivity contribution in [1.29, 1.82) is 0 Å². The van der Waals surface area contributed by atoms with Crippen LogP contribution in [0, 0.1) is 0 Å². The summed E-state index contributed by atoms with van der Waals surface area (Å²) in [6.07, 6.45) is 3.98. The van der Waals surface area contributed by atoms with Crippen LogP contribution < -0.4 is 15.8 Å². The highest BCUT2D eigenvalue weighted by Gasteiger charge is 2.28. The Morgan fingerprint density at radius 3 is 2.52 bits per heavy atom. The van der Waals surface area contributed by atoms with Crippen molar-refractivity contribution in [3.8, 4) is 10.4 Å². The van der Waals surface area contributed by atoms with E-state index in [1.54, 1.807) is 39.1 Å². The second-order valence-corrected chi connectivity index (χ2v) is 11.7. The number of benzene rings is 1. The number of nitrogens with zero attached hydrogens (tertiary/aromatic N) is 1. The van der Waals surface area contributed by atoms with Crippen LogP contribution in [0.25, 0.3) is 10.4 Å². The standard InChI is InChI=1S/C21H30N4O4S2/c1-21(2,3)25-31(28,29)18-10-13(11-22)4-9-16(18)17-12-23-19(30-17)14-5-7-15(8-6-14)24-20(26)27/h4,9-10,12,14-15,24-25H,5-8,11,22H2,1-3H3,(H,26,27)/t14-,15-. The number of carbonyl (C=O) groups is 1. The van der Waals surface area contributed by atoms with Crippen molar-refractivity contribution < 1.29 is 18.3 Å². The molecule has 5 N–H and O–H groups in total. The molecule has 1 aromatic heterocycles. The Kier molecular flexibility index (Phi) is 7.04. The van der Waals surface area contributed by atoms with Crippen LogP contribution in [0.1, 0.15) is 62.9 Å². The number of nitrogens with two attached hydrogens (primary N) is 1.